The zero-order valence-corrected chi connectivity index (χ0v) is 11.9. The first-order valence-electron chi connectivity index (χ1n) is 7.40. The predicted octanol–water partition coefficient (Wildman–Crippen LogP) is 1.11. The van der Waals surface area contributed by atoms with Crippen molar-refractivity contribution in [1.29, 1.82) is 0 Å². The van der Waals surface area contributed by atoms with Crippen molar-refractivity contribution in [3.8, 4) is 0 Å². The van der Waals surface area contributed by atoms with E-state index in [1.807, 2.05) is 6.07 Å². The molecule has 1 saturated heterocycles. The Labute approximate surface area is 119 Å². The lowest BCUT2D eigenvalue weighted by Crippen LogP contribution is -2.29. The van der Waals surface area contributed by atoms with Gasteiger partial charge in [-0.15, -0.1) is 0 Å². The van der Waals surface area contributed by atoms with Gasteiger partial charge in [-0.1, -0.05) is 0 Å². The lowest BCUT2D eigenvalue weighted by atomic mass is 10.3. The molecule has 1 aliphatic carbocycles. The Kier molecular flexibility index (Phi) is 3.71. The molecule has 2 heterocycles. The molecule has 1 amide bonds. The van der Waals surface area contributed by atoms with Gasteiger partial charge in [-0.3, -0.25) is 4.79 Å². The highest BCUT2D eigenvalue weighted by Crippen LogP contribution is 2.39. The molecule has 0 aromatic carbocycles. The molecule has 1 saturated carbocycles. The third-order valence-corrected chi connectivity index (χ3v) is 3.67. The van der Waals surface area contributed by atoms with Crippen molar-refractivity contribution in [3.63, 3.8) is 0 Å². The molecule has 3 rings (SSSR count). The Morgan fingerprint density at radius 3 is 3.00 bits per heavy atom. The van der Waals surface area contributed by atoms with E-state index in [1.54, 1.807) is 0 Å². The van der Waals surface area contributed by atoms with Gasteiger partial charge in [0.1, 0.15) is 17.5 Å². The summed E-state index contributed by atoms with van der Waals surface area (Å²) in [6, 6.07) is 1.99. The van der Waals surface area contributed by atoms with Crippen LogP contribution < -0.4 is 15.5 Å². The van der Waals surface area contributed by atoms with Crippen LogP contribution in [0.3, 0.4) is 0 Å². The summed E-state index contributed by atoms with van der Waals surface area (Å²) >= 11 is 0. The number of aromatic nitrogens is 2. The minimum absolute atomic E-state index is 0.121. The number of amides is 1. The van der Waals surface area contributed by atoms with Gasteiger partial charge in [0, 0.05) is 44.6 Å². The second-order valence-corrected chi connectivity index (χ2v) is 5.36. The largest absolute Gasteiger partial charge is 0.370 e. The van der Waals surface area contributed by atoms with Crippen LogP contribution in [0.1, 0.15) is 37.9 Å². The number of anilines is 2. The van der Waals surface area contributed by atoms with Gasteiger partial charge < -0.3 is 15.5 Å². The minimum Gasteiger partial charge on any atom is -0.370 e. The van der Waals surface area contributed by atoms with Crippen LogP contribution in [0.15, 0.2) is 6.07 Å². The molecule has 1 aromatic rings. The van der Waals surface area contributed by atoms with Crippen LogP contribution in [0.4, 0.5) is 11.6 Å². The summed E-state index contributed by atoms with van der Waals surface area (Å²) in [5.41, 5.74) is 0. The van der Waals surface area contributed by atoms with Crippen molar-refractivity contribution in [3.05, 3.63) is 11.9 Å². The fraction of sp³-hybridized carbons (Fsp3) is 0.643. The zero-order chi connectivity index (χ0) is 13.9. The van der Waals surface area contributed by atoms with Crippen LogP contribution in [-0.2, 0) is 4.79 Å². The molecule has 1 aliphatic heterocycles. The SMILES string of the molecule is CCNc1cc(N2CCNC(=O)CC2)nc(C2CC2)n1. The van der Waals surface area contributed by atoms with E-state index in [0.29, 0.717) is 18.9 Å². The van der Waals surface area contributed by atoms with Crippen molar-refractivity contribution >= 4 is 17.5 Å². The van der Waals surface area contributed by atoms with Crippen LogP contribution >= 0.6 is 0 Å². The second kappa shape index (κ2) is 5.64. The van der Waals surface area contributed by atoms with E-state index in [-0.39, 0.29) is 5.91 Å². The number of carbonyl (C=O) groups is 1. The summed E-state index contributed by atoms with van der Waals surface area (Å²) < 4.78 is 0. The fourth-order valence-corrected chi connectivity index (χ4v) is 2.41. The minimum atomic E-state index is 0.121. The maximum Gasteiger partial charge on any atom is 0.221 e. The van der Waals surface area contributed by atoms with E-state index < -0.39 is 0 Å². The highest BCUT2D eigenvalue weighted by Gasteiger charge is 2.28. The summed E-state index contributed by atoms with van der Waals surface area (Å²) in [6.45, 7) is 5.11. The molecule has 2 N–H and O–H groups in total. The number of hydrogen-bond acceptors (Lipinski definition) is 5. The second-order valence-electron chi connectivity index (χ2n) is 5.36. The average molecular weight is 275 g/mol. The van der Waals surface area contributed by atoms with Crippen molar-refractivity contribution in [1.82, 2.24) is 15.3 Å². The molecule has 0 radical (unpaired) electrons. The first-order chi connectivity index (χ1) is 9.76. The summed E-state index contributed by atoms with van der Waals surface area (Å²) in [7, 11) is 0. The first-order valence-corrected chi connectivity index (χ1v) is 7.40. The summed E-state index contributed by atoms with van der Waals surface area (Å²) in [4.78, 5) is 22.9. The topological polar surface area (TPSA) is 70.2 Å². The molecule has 6 heteroatoms. The molecule has 1 aromatic heterocycles. The monoisotopic (exact) mass is 275 g/mol. The van der Waals surface area contributed by atoms with E-state index in [0.717, 1.165) is 37.1 Å². The highest BCUT2D eigenvalue weighted by molar-refractivity contribution is 5.77. The van der Waals surface area contributed by atoms with E-state index in [9.17, 15) is 4.79 Å². The third kappa shape index (κ3) is 3.00. The van der Waals surface area contributed by atoms with Gasteiger partial charge in [-0.2, -0.15) is 0 Å². The van der Waals surface area contributed by atoms with E-state index in [2.05, 4.69) is 27.4 Å². The maximum absolute atomic E-state index is 11.4. The molecule has 0 bridgehead atoms. The van der Waals surface area contributed by atoms with E-state index in [1.165, 1.54) is 12.8 Å². The lowest BCUT2D eigenvalue weighted by molar-refractivity contribution is -0.120. The Balaban J connectivity index is 1.84. The van der Waals surface area contributed by atoms with Crippen molar-refractivity contribution in [2.24, 2.45) is 0 Å². The molecular weight excluding hydrogens is 254 g/mol. The van der Waals surface area contributed by atoms with Gasteiger partial charge in [0.25, 0.3) is 0 Å². The molecule has 20 heavy (non-hydrogen) atoms. The Morgan fingerprint density at radius 1 is 1.40 bits per heavy atom. The fourth-order valence-electron chi connectivity index (χ4n) is 2.41. The Morgan fingerprint density at radius 2 is 2.25 bits per heavy atom. The summed E-state index contributed by atoms with van der Waals surface area (Å²) in [5, 5.41) is 6.17. The standard InChI is InChI=1S/C14H21N5O/c1-2-15-11-9-12(18-14(17-11)10-3-4-10)19-7-5-13(20)16-6-8-19/h9-10H,2-8H2,1H3,(H,16,20)(H,15,17,18). The average Bonchev–Trinajstić information content (AvgIpc) is 3.26. The highest BCUT2D eigenvalue weighted by atomic mass is 16.1. The molecule has 108 valence electrons. The molecule has 2 aliphatic rings. The van der Waals surface area contributed by atoms with Crippen LogP contribution in [0, 0.1) is 0 Å². The van der Waals surface area contributed by atoms with Crippen LogP contribution in [0.25, 0.3) is 0 Å². The lowest BCUT2D eigenvalue weighted by Gasteiger charge is -2.21. The molecule has 0 unspecified atom stereocenters. The Hall–Kier alpha value is -1.85. The summed E-state index contributed by atoms with van der Waals surface area (Å²) in [6.07, 6.45) is 2.91. The molecule has 6 nitrogen and oxygen atoms in total. The van der Waals surface area contributed by atoms with Crippen molar-refractivity contribution in [2.75, 3.05) is 36.4 Å². The first kappa shape index (κ1) is 13.1. The number of rotatable bonds is 4. The van der Waals surface area contributed by atoms with Crippen LogP contribution in [-0.4, -0.2) is 42.1 Å². The summed E-state index contributed by atoms with van der Waals surface area (Å²) in [5.74, 6) is 3.43. The number of nitrogens with one attached hydrogen (secondary N) is 2. The maximum atomic E-state index is 11.4. The third-order valence-electron chi connectivity index (χ3n) is 3.67. The molecule has 0 atom stereocenters. The van der Waals surface area contributed by atoms with Gasteiger partial charge in [-0.25, -0.2) is 9.97 Å². The molecule has 2 fully saturated rings. The normalized spacial score (nSPS) is 19.4. The zero-order valence-electron chi connectivity index (χ0n) is 11.9. The molecular formula is C14H21N5O. The number of carbonyl (C=O) groups excluding carboxylic acids is 1. The van der Waals surface area contributed by atoms with Crippen molar-refractivity contribution in [2.45, 2.75) is 32.1 Å². The van der Waals surface area contributed by atoms with Crippen molar-refractivity contribution < 1.29 is 4.79 Å². The smallest absolute Gasteiger partial charge is 0.221 e. The predicted molar refractivity (Wildman–Crippen MR) is 78.0 cm³/mol. The van der Waals surface area contributed by atoms with Gasteiger partial charge in [0.05, 0.1) is 0 Å². The van der Waals surface area contributed by atoms with E-state index in [4.69, 9.17) is 4.98 Å². The number of nitrogens with zero attached hydrogens (tertiary/aromatic N) is 3. The van der Waals surface area contributed by atoms with Gasteiger partial charge in [0.15, 0.2) is 0 Å². The van der Waals surface area contributed by atoms with E-state index >= 15 is 0 Å². The van der Waals surface area contributed by atoms with Gasteiger partial charge in [0.2, 0.25) is 5.91 Å². The van der Waals surface area contributed by atoms with Crippen LogP contribution in [0.5, 0.6) is 0 Å². The Bertz CT molecular complexity index is 500. The van der Waals surface area contributed by atoms with Crippen LogP contribution in [0.2, 0.25) is 0 Å². The van der Waals surface area contributed by atoms with Gasteiger partial charge in [-0.05, 0) is 19.8 Å². The quantitative estimate of drug-likeness (QED) is 0.861. The van der Waals surface area contributed by atoms with Gasteiger partial charge >= 0.3 is 0 Å². The number of hydrogen-bond donors (Lipinski definition) is 2. The molecule has 0 spiro atoms.